The lowest BCUT2D eigenvalue weighted by atomic mass is 10.3. The third-order valence-electron chi connectivity index (χ3n) is 4.42. The molecular formula is C24H20BF4OS2-. The molecule has 166 valence electrons. The smallest absolute Gasteiger partial charge is 0.418 e. The molecule has 0 fully saturated rings. The molecule has 0 heterocycles. The van der Waals surface area contributed by atoms with Crippen LogP contribution in [0, 0.1) is 0 Å². The highest BCUT2D eigenvalue weighted by atomic mass is 32.2. The van der Waals surface area contributed by atoms with Gasteiger partial charge in [-0.05, 0) is 70.6 Å². The van der Waals surface area contributed by atoms with Crippen molar-refractivity contribution >= 4 is 28.9 Å². The van der Waals surface area contributed by atoms with E-state index in [2.05, 4.69) is 24.3 Å². The normalized spacial score (nSPS) is 11.9. The van der Waals surface area contributed by atoms with Gasteiger partial charge in [-0.3, -0.25) is 4.21 Å². The Morgan fingerprint density at radius 1 is 0.500 bits per heavy atom. The Kier molecular flexibility index (Phi) is 7.93. The van der Waals surface area contributed by atoms with E-state index in [9.17, 15) is 21.5 Å². The Labute approximate surface area is 190 Å². The second kappa shape index (κ2) is 10.7. The molecule has 0 saturated heterocycles. The minimum atomic E-state index is -6.00. The van der Waals surface area contributed by atoms with Crippen LogP contribution in [0.4, 0.5) is 17.3 Å². The fraction of sp³-hybridized carbons (Fsp3) is 0. The molecule has 0 amide bonds. The fourth-order valence-corrected chi connectivity index (χ4v) is 6.56. The molecule has 0 aliphatic heterocycles. The van der Waals surface area contributed by atoms with Crippen molar-refractivity contribution in [2.24, 2.45) is 0 Å². The van der Waals surface area contributed by atoms with E-state index in [-0.39, 0.29) is 0 Å². The molecule has 0 radical (unpaired) electrons. The summed E-state index contributed by atoms with van der Waals surface area (Å²) in [5.74, 6) is 0. The summed E-state index contributed by atoms with van der Waals surface area (Å²) in [6, 6.07) is 38.0. The van der Waals surface area contributed by atoms with Gasteiger partial charge in [0.25, 0.3) is 0 Å². The van der Waals surface area contributed by atoms with E-state index in [0.29, 0.717) is 0 Å². The number of thiol groups is 1. The minimum Gasteiger partial charge on any atom is -0.418 e. The molecule has 0 aliphatic carbocycles. The van der Waals surface area contributed by atoms with Gasteiger partial charge in [0.2, 0.25) is 0 Å². The first kappa shape index (κ1) is 23.8. The van der Waals surface area contributed by atoms with Gasteiger partial charge in [-0.25, -0.2) is 0 Å². The molecule has 32 heavy (non-hydrogen) atoms. The third kappa shape index (κ3) is 6.58. The van der Waals surface area contributed by atoms with Crippen LogP contribution in [0.5, 0.6) is 0 Å². The first-order chi connectivity index (χ1) is 15.3. The second-order valence-corrected chi connectivity index (χ2v) is 10.6. The van der Waals surface area contributed by atoms with Crippen LogP contribution < -0.4 is 0 Å². The molecule has 0 aromatic heterocycles. The van der Waals surface area contributed by atoms with E-state index in [1.54, 1.807) is 11.8 Å². The number of benzene rings is 4. The predicted molar refractivity (Wildman–Crippen MR) is 124 cm³/mol. The summed E-state index contributed by atoms with van der Waals surface area (Å²) in [6.07, 6.45) is 0. The van der Waals surface area contributed by atoms with Crippen molar-refractivity contribution in [1.82, 2.24) is 0 Å². The van der Waals surface area contributed by atoms with Crippen molar-refractivity contribution in [3.05, 3.63) is 115 Å². The monoisotopic (exact) mass is 475 g/mol. The lowest BCUT2D eigenvalue weighted by Gasteiger charge is -2.25. The predicted octanol–water partition coefficient (Wildman–Crippen LogP) is 7.63. The minimum absolute atomic E-state index is 0.859. The largest absolute Gasteiger partial charge is 0.673 e. The number of hydrogen-bond donors (Lipinski definition) is 1. The van der Waals surface area contributed by atoms with Crippen LogP contribution in [0.15, 0.2) is 140 Å². The molecule has 4 aromatic rings. The Balaban J connectivity index is 0.000000523. The van der Waals surface area contributed by atoms with Gasteiger partial charge in [-0.15, -0.1) is 0 Å². The molecule has 0 saturated carbocycles. The van der Waals surface area contributed by atoms with Crippen LogP contribution in [0.3, 0.4) is 0 Å². The number of hydrogen-bond acceptors (Lipinski definition) is 2. The molecular weight excluding hydrogens is 455 g/mol. The van der Waals surface area contributed by atoms with Crippen LogP contribution in [-0.2, 0) is 9.93 Å². The average molecular weight is 475 g/mol. The maximum Gasteiger partial charge on any atom is 0.673 e. The Hall–Kier alpha value is -2.84. The molecule has 0 spiro atoms. The summed E-state index contributed by atoms with van der Waals surface area (Å²) in [7, 11) is -8.89. The summed E-state index contributed by atoms with van der Waals surface area (Å²) in [4.78, 5) is 4.91. The zero-order valence-corrected chi connectivity index (χ0v) is 18.5. The Morgan fingerprint density at radius 3 is 1.22 bits per heavy atom. The number of rotatable bonds is 5. The highest BCUT2D eigenvalue weighted by Gasteiger charge is 2.23. The summed E-state index contributed by atoms with van der Waals surface area (Å²) < 4.78 is 53.3. The topological polar surface area (TPSA) is 17.1 Å². The summed E-state index contributed by atoms with van der Waals surface area (Å²) >= 11 is 1.71. The lowest BCUT2D eigenvalue weighted by Crippen LogP contribution is -2.13. The molecule has 0 atom stereocenters. The van der Waals surface area contributed by atoms with E-state index in [4.69, 9.17) is 0 Å². The second-order valence-electron chi connectivity index (χ2n) is 6.68. The SMILES string of the molecule is F[B-](F)(F)F.O=[SH](c1ccccc1)(c1ccccc1)c1ccc(Sc2ccccc2)cc1. The molecule has 0 unspecified atom stereocenters. The van der Waals surface area contributed by atoms with Crippen molar-refractivity contribution in [3.63, 3.8) is 0 Å². The van der Waals surface area contributed by atoms with E-state index in [1.165, 1.54) is 4.90 Å². The van der Waals surface area contributed by atoms with Crippen LogP contribution in [0.1, 0.15) is 0 Å². The quantitative estimate of drug-likeness (QED) is 0.182. The Morgan fingerprint density at radius 2 is 0.812 bits per heavy atom. The molecule has 4 rings (SSSR count). The van der Waals surface area contributed by atoms with E-state index in [1.807, 2.05) is 91.0 Å². The maximum absolute atomic E-state index is 14.3. The summed E-state index contributed by atoms with van der Waals surface area (Å²) in [5, 5.41) is 0. The van der Waals surface area contributed by atoms with Crippen molar-refractivity contribution in [3.8, 4) is 0 Å². The van der Waals surface area contributed by atoms with Crippen LogP contribution in [-0.4, -0.2) is 11.5 Å². The van der Waals surface area contributed by atoms with Crippen LogP contribution >= 0.6 is 11.8 Å². The first-order valence-corrected chi connectivity index (χ1v) is 12.2. The van der Waals surface area contributed by atoms with Gasteiger partial charge in [0, 0.05) is 24.5 Å². The molecule has 8 heteroatoms. The van der Waals surface area contributed by atoms with Gasteiger partial charge >= 0.3 is 7.25 Å². The van der Waals surface area contributed by atoms with Crippen molar-refractivity contribution in [2.75, 3.05) is 0 Å². The molecule has 0 N–H and O–H groups in total. The zero-order valence-electron chi connectivity index (χ0n) is 16.8. The van der Waals surface area contributed by atoms with E-state index in [0.717, 1.165) is 19.6 Å². The van der Waals surface area contributed by atoms with Gasteiger partial charge in [-0.1, -0.05) is 66.4 Å². The Bertz CT molecular complexity index is 1100. The van der Waals surface area contributed by atoms with Crippen LogP contribution in [0.25, 0.3) is 0 Å². The third-order valence-corrected chi connectivity index (χ3v) is 8.51. The zero-order chi connectivity index (χ0) is 23.0. The van der Waals surface area contributed by atoms with Crippen molar-refractivity contribution in [1.29, 1.82) is 0 Å². The summed E-state index contributed by atoms with van der Waals surface area (Å²) in [5.41, 5.74) is 0. The van der Waals surface area contributed by atoms with Crippen LogP contribution in [0.2, 0.25) is 0 Å². The molecule has 1 nitrogen and oxygen atoms in total. The maximum atomic E-state index is 14.3. The van der Waals surface area contributed by atoms with Gasteiger partial charge in [-0.2, -0.15) is 0 Å². The van der Waals surface area contributed by atoms with E-state index < -0.39 is 17.2 Å². The van der Waals surface area contributed by atoms with Crippen molar-refractivity contribution < 1.29 is 21.5 Å². The molecule has 0 bridgehead atoms. The van der Waals surface area contributed by atoms with Gasteiger partial charge in [0.15, 0.2) is 0 Å². The van der Waals surface area contributed by atoms with Gasteiger partial charge in [0.05, 0.1) is 0 Å². The van der Waals surface area contributed by atoms with Crippen molar-refractivity contribution in [2.45, 2.75) is 24.5 Å². The fourth-order valence-electron chi connectivity index (χ4n) is 3.07. The lowest BCUT2D eigenvalue weighted by molar-refractivity contribution is 0.368. The highest BCUT2D eigenvalue weighted by Crippen LogP contribution is 2.37. The standard InChI is InChI=1S/C24H20OS2.BF4/c25-27(22-12-6-2-7-13-22,23-14-8-3-9-15-23)24-18-16-21(17-19-24)26-20-10-4-1-5-11-20;2-1(3,4)5/h1-19,27H;/q;-1. The molecule has 0 aliphatic rings. The molecule has 4 aromatic carbocycles. The summed E-state index contributed by atoms with van der Waals surface area (Å²) in [6.45, 7) is 0. The van der Waals surface area contributed by atoms with Gasteiger partial charge in [0.1, 0.15) is 0 Å². The average Bonchev–Trinajstić information content (AvgIpc) is 2.80. The first-order valence-electron chi connectivity index (χ1n) is 9.69. The highest BCUT2D eigenvalue weighted by molar-refractivity contribution is 8.03. The van der Waals surface area contributed by atoms with Gasteiger partial charge < -0.3 is 17.3 Å². The number of halogens is 4. The van der Waals surface area contributed by atoms with E-state index >= 15 is 0 Å².